The van der Waals surface area contributed by atoms with Crippen LogP contribution in [0, 0.1) is 6.92 Å². The van der Waals surface area contributed by atoms with Gasteiger partial charge >= 0.3 is 0 Å². The molecule has 1 aromatic heterocycles. The molecule has 2 aromatic carbocycles. The molecule has 6 nitrogen and oxygen atoms in total. The molecule has 1 aliphatic rings. The highest BCUT2D eigenvalue weighted by Crippen LogP contribution is 2.21. The summed E-state index contributed by atoms with van der Waals surface area (Å²) in [5, 5.41) is 11.9. The number of hydrogen-bond donors (Lipinski definition) is 1. The largest absolute Gasteiger partial charge is 0.368 e. The number of nitrogens with one attached hydrogen (secondary N) is 1. The van der Waals surface area contributed by atoms with E-state index >= 15 is 0 Å². The summed E-state index contributed by atoms with van der Waals surface area (Å²) >= 11 is 0. The molecule has 1 fully saturated rings. The zero-order chi connectivity index (χ0) is 22.4. The van der Waals surface area contributed by atoms with E-state index in [0.717, 1.165) is 54.7 Å². The van der Waals surface area contributed by atoms with Gasteiger partial charge in [-0.15, -0.1) is 10.2 Å². The summed E-state index contributed by atoms with van der Waals surface area (Å²) in [4.78, 5) is 0.383. The fourth-order valence-corrected chi connectivity index (χ4v) is 5.42. The Morgan fingerprint density at radius 3 is 2.16 bits per heavy atom. The van der Waals surface area contributed by atoms with Gasteiger partial charge in [0.2, 0.25) is 10.0 Å². The molecule has 32 heavy (non-hydrogen) atoms. The Morgan fingerprint density at radius 2 is 1.53 bits per heavy atom. The van der Waals surface area contributed by atoms with Crippen LogP contribution in [0.4, 0.5) is 5.82 Å². The minimum absolute atomic E-state index is 0.383. The van der Waals surface area contributed by atoms with Crippen molar-refractivity contribution in [2.75, 3.05) is 25.0 Å². The number of hydrogen-bond acceptors (Lipinski definition) is 5. The summed E-state index contributed by atoms with van der Waals surface area (Å²) in [5.74, 6) is 0.723. The molecule has 0 amide bonds. The zero-order valence-corrected chi connectivity index (χ0v) is 19.3. The van der Waals surface area contributed by atoms with E-state index in [1.807, 2.05) is 36.4 Å². The highest BCUT2D eigenvalue weighted by Gasteiger charge is 2.24. The molecule has 0 aliphatic carbocycles. The Hall–Kier alpha value is -2.77. The van der Waals surface area contributed by atoms with Crippen LogP contribution in [0.2, 0.25) is 0 Å². The summed E-state index contributed by atoms with van der Waals surface area (Å²) in [7, 11) is -3.40. The number of benzene rings is 2. The summed E-state index contributed by atoms with van der Waals surface area (Å²) in [6.45, 7) is 4.00. The van der Waals surface area contributed by atoms with E-state index in [2.05, 4.69) is 34.6 Å². The van der Waals surface area contributed by atoms with Gasteiger partial charge in [0.05, 0.1) is 10.6 Å². The second kappa shape index (κ2) is 10.2. The Bertz CT molecular complexity index is 1100. The molecule has 168 valence electrons. The molecular weight excluding hydrogens is 420 g/mol. The van der Waals surface area contributed by atoms with Crippen LogP contribution in [-0.4, -0.2) is 42.6 Å². The van der Waals surface area contributed by atoms with Crippen molar-refractivity contribution in [1.82, 2.24) is 14.5 Å². The molecule has 0 spiro atoms. The topological polar surface area (TPSA) is 75.2 Å². The van der Waals surface area contributed by atoms with Crippen molar-refractivity contribution in [3.05, 3.63) is 71.8 Å². The van der Waals surface area contributed by atoms with Crippen molar-refractivity contribution >= 4 is 15.8 Å². The van der Waals surface area contributed by atoms with Crippen LogP contribution in [-0.2, 0) is 16.4 Å². The number of anilines is 1. The van der Waals surface area contributed by atoms with E-state index in [-0.39, 0.29) is 0 Å². The van der Waals surface area contributed by atoms with Gasteiger partial charge in [0.25, 0.3) is 0 Å². The molecule has 0 radical (unpaired) electrons. The Balaban J connectivity index is 1.31. The molecule has 0 atom stereocenters. The van der Waals surface area contributed by atoms with Crippen LogP contribution >= 0.6 is 0 Å². The first kappa shape index (κ1) is 22.4. The molecule has 1 saturated heterocycles. The normalized spacial score (nSPS) is 15.3. The number of sulfonamides is 1. The second-order valence-electron chi connectivity index (χ2n) is 8.31. The van der Waals surface area contributed by atoms with Crippen molar-refractivity contribution in [3.63, 3.8) is 0 Å². The third kappa shape index (κ3) is 5.53. The van der Waals surface area contributed by atoms with Crippen LogP contribution in [0.15, 0.2) is 65.6 Å². The summed E-state index contributed by atoms with van der Waals surface area (Å²) < 4.78 is 27.4. The summed E-state index contributed by atoms with van der Waals surface area (Å²) in [6, 6.07) is 19.4. The van der Waals surface area contributed by atoms with E-state index in [0.29, 0.717) is 24.5 Å². The lowest BCUT2D eigenvalue weighted by Gasteiger charge is -2.20. The SMILES string of the molecule is Cc1ccc(-c2ccc(NCCc3ccc(S(=O)(=O)N4CCCCCC4)cc3)nn2)cc1. The maximum absolute atomic E-state index is 12.9. The van der Waals surface area contributed by atoms with Gasteiger partial charge in [0.15, 0.2) is 0 Å². The fraction of sp³-hybridized carbons (Fsp3) is 0.360. The third-order valence-corrected chi connectivity index (χ3v) is 7.77. The molecule has 4 rings (SSSR count). The van der Waals surface area contributed by atoms with Crippen molar-refractivity contribution in [1.29, 1.82) is 0 Å². The predicted molar refractivity (Wildman–Crippen MR) is 128 cm³/mol. The number of aromatic nitrogens is 2. The standard InChI is InChI=1S/C25H30N4O2S/c1-20-6-10-22(11-7-20)24-14-15-25(28-27-24)26-17-16-21-8-12-23(13-9-21)32(30,31)29-18-4-2-3-5-19-29/h6-15H,2-5,16-19H2,1H3,(H,26,28). The van der Waals surface area contributed by atoms with Crippen LogP contribution < -0.4 is 5.32 Å². The van der Waals surface area contributed by atoms with Gasteiger partial charge in [-0.1, -0.05) is 54.8 Å². The lowest BCUT2D eigenvalue weighted by molar-refractivity contribution is 0.423. The van der Waals surface area contributed by atoms with Gasteiger partial charge in [0.1, 0.15) is 5.82 Å². The van der Waals surface area contributed by atoms with E-state index in [4.69, 9.17) is 0 Å². The van der Waals surface area contributed by atoms with E-state index < -0.39 is 10.0 Å². The van der Waals surface area contributed by atoms with E-state index in [1.54, 1.807) is 16.4 Å². The van der Waals surface area contributed by atoms with Crippen LogP contribution in [0.1, 0.15) is 36.8 Å². The van der Waals surface area contributed by atoms with Crippen molar-refractivity contribution in [3.8, 4) is 11.3 Å². The predicted octanol–water partition coefficient (Wildman–Crippen LogP) is 4.67. The fourth-order valence-electron chi connectivity index (χ4n) is 3.90. The minimum Gasteiger partial charge on any atom is -0.368 e. The maximum atomic E-state index is 12.9. The first-order valence-corrected chi connectivity index (χ1v) is 12.7. The Morgan fingerprint density at radius 1 is 0.844 bits per heavy atom. The molecule has 0 saturated carbocycles. The first-order valence-electron chi connectivity index (χ1n) is 11.3. The molecule has 7 heteroatoms. The van der Waals surface area contributed by atoms with Gasteiger partial charge in [-0.3, -0.25) is 0 Å². The molecule has 3 aromatic rings. The average Bonchev–Trinajstić information content (AvgIpc) is 3.11. The van der Waals surface area contributed by atoms with Crippen LogP contribution in [0.3, 0.4) is 0 Å². The highest BCUT2D eigenvalue weighted by molar-refractivity contribution is 7.89. The van der Waals surface area contributed by atoms with Gasteiger partial charge in [0, 0.05) is 25.2 Å². The number of aryl methyl sites for hydroxylation is 1. The number of rotatable bonds is 7. The van der Waals surface area contributed by atoms with Crippen molar-refractivity contribution in [2.24, 2.45) is 0 Å². The molecule has 2 heterocycles. The van der Waals surface area contributed by atoms with Crippen molar-refractivity contribution in [2.45, 2.75) is 43.9 Å². The Kier molecular flexibility index (Phi) is 7.17. The average molecular weight is 451 g/mol. The lowest BCUT2D eigenvalue weighted by atomic mass is 10.1. The van der Waals surface area contributed by atoms with Gasteiger partial charge < -0.3 is 5.32 Å². The zero-order valence-electron chi connectivity index (χ0n) is 18.5. The monoisotopic (exact) mass is 450 g/mol. The quantitative estimate of drug-likeness (QED) is 0.566. The molecular formula is C25H30N4O2S. The molecule has 0 unspecified atom stereocenters. The van der Waals surface area contributed by atoms with Gasteiger partial charge in [-0.05, 0) is 56.0 Å². The molecule has 1 aliphatic heterocycles. The molecule has 1 N–H and O–H groups in total. The Labute approximate surface area is 190 Å². The summed E-state index contributed by atoms with van der Waals surface area (Å²) in [6.07, 6.45) is 4.87. The van der Waals surface area contributed by atoms with Gasteiger partial charge in [-0.2, -0.15) is 4.31 Å². The minimum atomic E-state index is -3.40. The van der Waals surface area contributed by atoms with Crippen molar-refractivity contribution < 1.29 is 8.42 Å². The first-order chi connectivity index (χ1) is 15.5. The second-order valence-corrected chi connectivity index (χ2v) is 10.2. The van der Waals surface area contributed by atoms with Crippen LogP contribution in [0.25, 0.3) is 11.3 Å². The van der Waals surface area contributed by atoms with E-state index in [1.165, 1.54) is 5.56 Å². The van der Waals surface area contributed by atoms with Gasteiger partial charge in [-0.25, -0.2) is 8.42 Å². The van der Waals surface area contributed by atoms with E-state index in [9.17, 15) is 8.42 Å². The summed E-state index contributed by atoms with van der Waals surface area (Å²) in [5.41, 5.74) is 4.19. The molecule has 0 bridgehead atoms. The lowest BCUT2D eigenvalue weighted by Crippen LogP contribution is -2.31. The third-order valence-electron chi connectivity index (χ3n) is 5.86. The maximum Gasteiger partial charge on any atom is 0.243 e. The number of nitrogens with zero attached hydrogens (tertiary/aromatic N) is 3. The highest BCUT2D eigenvalue weighted by atomic mass is 32.2. The van der Waals surface area contributed by atoms with Crippen LogP contribution in [0.5, 0.6) is 0 Å². The smallest absolute Gasteiger partial charge is 0.243 e.